The van der Waals surface area contributed by atoms with E-state index in [1.807, 2.05) is 30.3 Å². The normalized spacial score (nSPS) is 14.2. The van der Waals surface area contributed by atoms with Crippen LogP contribution < -0.4 is 19.1 Å². The molecule has 0 spiro atoms. The van der Waals surface area contributed by atoms with Crippen molar-refractivity contribution in [3.05, 3.63) is 86.7 Å². The van der Waals surface area contributed by atoms with Crippen molar-refractivity contribution in [3.63, 3.8) is 0 Å². The number of thiocarbonyl (C=S) groups is 1. The van der Waals surface area contributed by atoms with Gasteiger partial charge < -0.3 is 14.2 Å². The maximum atomic E-state index is 13.2. The number of amides is 1. The Hall–Kier alpha value is -3.32. The third-order valence-electron chi connectivity index (χ3n) is 5.14. The summed E-state index contributed by atoms with van der Waals surface area (Å²) in [6.45, 7) is 0.303. The Morgan fingerprint density at radius 3 is 2.49 bits per heavy atom. The number of nitriles is 1. The summed E-state index contributed by atoms with van der Waals surface area (Å²) in [5.74, 6) is 1.40. The number of methoxy groups -OCH3 is 2. The first-order valence-electron chi connectivity index (χ1n) is 10.4. The summed E-state index contributed by atoms with van der Waals surface area (Å²) in [5.41, 5.74) is 2.86. The molecule has 0 radical (unpaired) electrons. The lowest BCUT2D eigenvalue weighted by Crippen LogP contribution is -2.27. The first-order chi connectivity index (χ1) is 16.9. The van der Waals surface area contributed by atoms with E-state index in [2.05, 4.69) is 22.0 Å². The number of hydrogen-bond donors (Lipinski definition) is 0. The molecule has 0 aromatic heterocycles. The fraction of sp³-hybridized carbons (Fsp3) is 0.115. The minimum absolute atomic E-state index is 0.222. The number of benzene rings is 3. The molecule has 1 amide bonds. The second-order valence-electron chi connectivity index (χ2n) is 7.32. The van der Waals surface area contributed by atoms with Crippen LogP contribution in [0.25, 0.3) is 6.08 Å². The number of anilines is 1. The predicted molar refractivity (Wildman–Crippen MR) is 145 cm³/mol. The van der Waals surface area contributed by atoms with Crippen molar-refractivity contribution < 1.29 is 19.0 Å². The van der Waals surface area contributed by atoms with E-state index >= 15 is 0 Å². The average Bonchev–Trinajstić information content (AvgIpc) is 3.15. The monoisotopic (exact) mass is 566 g/mol. The van der Waals surface area contributed by atoms with Crippen LogP contribution in [0.15, 0.2) is 70.0 Å². The van der Waals surface area contributed by atoms with Crippen LogP contribution in [0.1, 0.15) is 16.7 Å². The Morgan fingerprint density at radius 2 is 1.80 bits per heavy atom. The van der Waals surface area contributed by atoms with E-state index < -0.39 is 0 Å². The van der Waals surface area contributed by atoms with E-state index in [9.17, 15) is 4.79 Å². The van der Waals surface area contributed by atoms with Crippen LogP contribution in [0.2, 0.25) is 0 Å². The summed E-state index contributed by atoms with van der Waals surface area (Å²) < 4.78 is 18.1. The highest BCUT2D eigenvalue weighted by Crippen LogP contribution is 2.42. The van der Waals surface area contributed by atoms with Crippen molar-refractivity contribution in [2.45, 2.75) is 6.61 Å². The first kappa shape index (κ1) is 24.8. The number of nitrogens with zero attached hydrogens (tertiary/aromatic N) is 2. The second-order valence-corrected chi connectivity index (χ2v) is 9.85. The molecule has 0 N–H and O–H groups in total. The second kappa shape index (κ2) is 11.0. The molecule has 0 unspecified atom stereocenters. The highest BCUT2D eigenvalue weighted by molar-refractivity contribution is 9.10. The minimum atomic E-state index is -0.222. The van der Waals surface area contributed by atoms with Gasteiger partial charge in [0.15, 0.2) is 15.8 Å². The number of halogens is 1. The van der Waals surface area contributed by atoms with Crippen molar-refractivity contribution in [1.29, 1.82) is 5.26 Å². The van der Waals surface area contributed by atoms with Crippen molar-refractivity contribution in [3.8, 4) is 23.3 Å². The molecular weight excluding hydrogens is 548 g/mol. The lowest BCUT2D eigenvalue weighted by atomic mass is 10.1. The number of ether oxygens (including phenoxy) is 3. The zero-order chi connectivity index (χ0) is 24.9. The summed E-state index contributed by atoms with van der Waals surface area (Å²) >= 11 is 10.3. The Balaban J connectivity index is 1.58. The van der Waals surface area contributed by atoms with Gasteiger partial charge in [-0.3, -0.25) is 9.69 Å². The number of para-hydroxylation sites is 2. The van der Waals surface area contributed by atoms with Gasteiger partial charge in [-0.1, -0.05) is 48.2 Å². The zero-order valence-corrected chi connectivity index (χ0v) is 22.0. The minimum Gasteiger partial charge on any atom is -0.495 e. The van der Waals surface area contributed by atoms with Gasteiger partial charge in [0.05, 0.1) is 40.9 Å². The van der Waals surface area contributed by atoms with Crippen LogP contribution in [-0.2, 0) is 11.4 Å². The molecule has 1 saturated heterocycles. The number of thioether (sulfide) groups is 1. The van der Waals surface area contributed by atoms with Gasteiger partial charge in [0, 0.05) is 0 Å². The van der Waals surface area contributed by atoms with E-state index in [1.54, 1.807) is 50.6 Å². The molecule has 3 aromatic carbocycles. The molecule has 35 heavy (non-hydrogen) atoms. The zero-order valence-electron chi connectivity index (χ0n) is 18.8. The quantitative estimate of drug-likeness (QED) is 0.244. The molecule has 176 valence electrons. The molecule has 9 heteroatoms. The molecular formula is C26H19BrN2O4S2. The molecule has 0 atom stereocenters. The van der Waals surface area contributed by atoms with E-state index in [0.717, 1.165) is 11.1 Å². The fourth-order valence-electron chi connectivity index (χ4n) is 3.44. The molecule has 6 nitrogen and oxygen atoms in total. The van der Waals surface area contributed by atoms with Gasteiger partial charge in [-0.25, -0.2) is 0 Å². The molecule has 0 aliphatic carbocycles. The Kier molecular flexibility index (Phi) is 7.76. The van der Waals surface area contributed by atoms with Gasteiger partial charge in [-0.2, -0.15) is 5.26 Å². The SMILES string of the molecule is COc1ccccc1N1C(=O)C(=Cc2cc(Br)c(OCc3ccc(C#N)cc3)c(OC)c2)SC1=S. The molecule has 0 bridgehead atoms. The molecule has 1 aliphatic rings. The summed E-state index contributed by atoms with van der Waals surface area (Å²) in [6, 6.07) is 20.2. The van der Waals surface area contributed by atoms with Crippen LogP contribution in [0.3, 0.4) is 0 Å². The highest BCUT2D eigenvalue weighted by atomic mass is 79.9. The summed E-state index contributed by atoms with van der Waals surface area (Å²) in [4.78, 5) is 15.2. The van der Waals surface area contributed by atoms with Crippen molar-refractivity contribution >= 4 is 61.9 Å². The Labute approximate surface area is 221 Å². The smallest absolute Gasteiger partial charge is 0.270 e. The fourth-order valence-corrected chi connectivity index (χ4v) is 5.29. The Morgan fingerprint density at radius 1 is 1.09 bits per heavy atom. The van der Waals surface area contributed by atoms with Crippen molar-refractivity contribution in [2.24, 2.45) is 0 Å². The molecule has 1 heterocycles. The standard InChI is InChI=1S/C26H19BrN2O4S2/c1-31-21-6-4-3-5-20(21)29-25(30)23(35-26(29)34)13-18-11-19(27)24(22(12-18)32-2)33-15-17-9-7-16(14-28)8-10-17/h3-13H,15H2,1-2H3. The van der Waals surface area contributed by atoms with Crippen molar-refractivity contribution in [2.75, 3.05) is 19.1 Å². The third kappa shape index (κ3) is 5.35. The Bertz CT molecular complexity index is 1370. The number of hydrogen-bond acceptors (Lipinski definition) is 7. The van der Waals surface area contributed by atoms with Gasteiger partial charge in [-0.05, 0) is 69.5 Å². The molecule has 3 aromatic rings. The number of carbonyl (C=O) groups excluding carboxylic acids is 1. The number of carbonyl (C=O) groups is 1. The van der Waals surface area contributed by atoms with Crippen LogP contribution in [0.4, 0.5) is 5.69 Å². The van der Waals surface area contributed by atoms with Crippen LogP contribution in [-0.4, -0.2) is 24.4 Å². The van der Waals surface area contributed by atoms with E-state index in [-0.39, 0.29) is 5.91 Å². The van der Waals surface area contributed by atoms with E-state index in [4.69, 9.17) is 31.7 Å². The highest BCUT2D eigenvalue weighted by Gasteiger charge is 2.35. The molecule has 4 rings (SSSR count). The van der Waals surface area contributed by atoms with Crippen molar-refractivity contribution in [1.82, 2.24) is 0 Å². The molecule has 0 saturated carbocycles. The lowest BCUT2D eigenvalue weighted by Gasteiger charge is -2.17. The van der Waals surface area contributed by atoms with Crippen LogP contribution in [0.5, 0.6) is 17.2 Å². The summed E-state index contributed by atoms with van der Waals surface area (Å²) in [5, 5.41) is 8.95. The predicted octanol–water partition coefficient (Wildman–Crippen LogP) is 6.32. The van der Waals surface area contributed by atoms with Gasteiger partial charge in [-0.15, -0.1) is 0 Å². The topological polar surface area (TPSA) is 71.8 Å². The maximum Gasteiger partial charge on any atom is 0.270 e. The van der Waals surface area contributed by atoms with E-state index in [1.165, 1.54) is 16.7 Å². The van der Waals surface area contributed by atoms with Crippen LogP contribution in [0, 0.1) is 11.3 Å². The maximum absolute atomic E-state index is 13.2. The summed E-state index contributed by atoms with van der Waals surface area (Å²) in [7, 11) is 3.11. The number of rotatable bonds is 7. The van der Waals surface area contributed by atoms with Gasteiger partial charge in [0.25, 0.3) is 5.91 Å². The van der Waals surface area contributed by atoms with Crippen LogP contribution >= 0.6 is 39.9 Å². The lowest BCUT2D eigenvalue weighted by molar-refractivity contribution is -0.113. The van der Waals surface area contributed by atoms with Gasteiger partial charge in [0.2, 0.25) is 0 Å². The molecule has 1 fully saturated rings. The third-order valence-corrected chi connectivity index (χ3v) is 7.03. The molecule has 1 aliphatic heterocycles. The summed E-state index contributed by atoms with van der Waals surface area (Å²) in [6.07, 6.45) is 1.77. The largest absolute Gasteiger partial charge is 0.495 e. The van der Waals surface area contributed by atoms with E-state index in [0.29, 0.717) is 48.8 Å². The average molecular weight is 567 g/mol. The van der Waals surface area contributed by atoms with Gasteiger partial charge >= 0.3 is 0 Å². The van der Waals surface area contributed by atoms with Gasteiger partial charge in [0.1, 0.15) is 12.4 Å². The first-order valence-corrected chi connectivity index (χ1v) is 12.4.